The maximum Gasteiger partial charge on any atom is 0.344 e. The molecule has 2 aromatic rings. The molecule has 2 heterocycles. The van der Waals surface area contributed by atoms with Gasteiger partial charge in [0.1, 0.15) is 11.4 Å². The van der Waals surface area contributed by atoms with Gasteiger partial charge in [-0.3, -0.25) is 4.57 Å². The summed E-state index contributed by atoms with van der Waals surface area (Å²) in [4.78, 5) is 18.7. The molecule has 0 bridgehead atoms. The second kappa shape index (κ2) is 4.66. The van der Waals surface area contributed by atoms with E-state index in [-0.39, 0.29) is 11.7 Å². The Morgan fingerprint density at radius 3 is 2.88 bits per heavy atom. The van der Waals surface area contributed by atoms with E-state index in [9.17, 15) is 9.18 Å². The lowest BCUT2D eigenvalue weighted by Crippen LogP contribution is -2.19. The quantitative estimate of drug-likeness (QED) is 0.835. The predicted octanol–water partition coefficient (Wildman–Crippen LogP) is 1.23. The summed E-state index contributed by atoms with van der Waals surface area (Å²) in [7, 11) is 0. The third-order valence-corrected chi connectivity index (χ3v) is 2.90. The summed E-state index contributed by atoms with van der Waals surface area (Å²) >= 11 is 1.11. The van der Waals surface area contributed by atoms with Crippen LogP contribution in [0.5, 0.6) is 0 Å². The summed E-state index contributed by atoms with van der Waals surface area (Å²) < 4.78 is 14.3. The van der Waals surface area contributed by atoms with E-state index in [1.807, 2.05) is 13.8 Å². The number of nitrogens with one attached hydrogen (secondary N) is 1. The molecule has 0 aliphatic rings. The van der Waals surface area contributed by atoms with Crippen molar-refractivity contribution < 1.29 is 4.39 Å². The summed E-state index contributed by atoms with van der Waals surface area (Å²) in [5, 5.41) is 7.07. The Labute approximate surface area is 100 Å². The largest absolute Gasteiger partial charge is 0.344 e. The van der Waals surface area contributed by atoms with Crippen LogP contribution in [0, 0.1) is 5.95 Å². The maximum absolute atomic E-state index is 12.9. The molecule has 0 saturated heterocycles. The van der Waals surface area contributed by atoms with E-state index >= 15 is 0 Å². The molecular formula is C9H10FN5OS. The van der Waals surface area contributed by atoms with E-state index in [1.165, 1.54) is 10.6 Å². The van der Waals surface area contributed by atoms with Gasteiger partial charge >= 0.3 is 5.69 Å². The molecule has 0 aromatic carbocycles. The smallest absolute Gasteiger partial charge is 0.267 e. The highest BCUT2D eigenvalue weighted by Gasteiger charge is 2.13. The van der Waals surface area contributed by atoms with E-state index in [0.29, 0.717) is 10.2 Å². The van der Waals surface area contributed by atoms with Gasteiger partial charge < -0.3 is 0 Å². The fourth-order valence-corrected chi connectivity index (χ4v) is 2.21. The molecule has 1 N–H and O–H groups in total. The van der Waals surface area contributed by atoms with E-state index in [2.05, 4.69) is 20.2 Å². The number of aromatic nitrogens is 5. The number of halogens is 1. The number of hydrogen-bond donors (Lipinski definition) is 1. The average molecular weight is 255 g/mol. The van der Waals surface area contributed by atoms with Crippen LogP contribution in [-0.4, -0.2) is 24.7 Å². The molecule has 0 radical (unpaired) electrons. The fourth-order valence-electron chi connectivity index (χ4n) is 1.28. The number of H-pyrrole nitrogens is 1. The Hall–Kier alpha value is -1.70. The third kappa shape index (κ3) is 2.52. The molecule has 0 atom stereocenters. The van der Waals surface area contributed by atoms with Crippen LogP contribution in [0.15, 0.2) is 27.4 Å². The fraction of sp³-hybridized carbons (Fsp3) is 0.333. The Kier molecular flexibility index (Phi) is 3.23. The van der Waals surface area contributed by atoms with Gasteiger partial charge in [-0.05, 0) is 25.6 Å². The highest BCUT2D eigenvalue weighted by atomic mass is 32.2. The first-order valence-corrected chi connectivity index (χ1v) is 5.72. The van der Waals surface area contributed by atoms with Crippen molar-refractivity contribution in [3.05, 3.63) is 28.8 Å². The minimum atomic E-state index is -0.614. The van der Waals surface area contributed by atoms with E-state index in [4.69, 9.17) is 0 Å². The third-order valence-electron chi connectivity index (χ3n) is 1.99. The molecule has 2 aromatic heterocycles. The molecule has 8 heteroatoms. The van der Waals surface area contributed by atoms with Crippen molar-refractivity contribution in [2.24, 2.45) is 0 Å². The van der Waals surface area contributed by atoms with E-state index in [1.54, 1.807) is 0 Å². The Morgan fingerprint density at radius 2 is 2.24 bits per heavy atom. The molecule has 0 saturated carbocycles. The van der Waals surface area contributed by atoms with Crippen LogP contribution in [0.3, 0.4) is 0 Å². The summed E-state index contributed by atoms with van der Waals surface area (Å²) in [6.07, 6.45) is 1.13. The van der Waals surface area contributed by atoms with Crippen molar-refractivity contribution >= 4 is 11.8 Å². The van der Waals surface area contributed by atoms with Crippen molar-refractivity contribution in [3.63, 3.8) is 0 Å². The summed E-state index contributed by atoms with van der Waals surface area (Å²) in [6.45, 7) is 3.73. The highest BCUT2D eigenvalue weighted by Crippen LogP contribution is 2.24. The van der Waals surface area contributed by atoms with Gasteiger partial charge in [-0.15, -0.1) is 5.10 Å². The lowest BCUT2D eigenvalue weighted by molar-refractivity contribution is 0.533. The van der Waals surface area contributed by atoms with Gasteiger partial charge in [-0.25, -0.2) is 19.9 Å². The Bertz CT molecular complexity index is 579. The SMILES string of the molecule is CC(C)n1c(Sc2cc(F)ncn2)n[nH]c1=O. The molecule has 0 amide bonds. The molecule has 0 aliphatic carbocycles. The van der Waals surface area contributed by atoms with Gasteiger partial charge in [0, 0.05) is 12.1 Å². The predicted molar refractivity (Wildman–Crippen MR) is 59.3 cm³/mol. The molecule has 0 spiro atoms. The second-order valence-electron chi connectivity index (χ2n) is 3.56. The first-order valence-electron chi connectivity index (χ1n) is 4.90. The lowest BCUT2D eigenvalue weighted by atomic mass is 10.4. The topological polar surface area (TPSA) is 76.5 Å². The van der Waals surface area contributed by atoms with Crippen molar-refractivity contribution in [1.82, 2.24) is 24.7 Å². The molecule has 0 fully saturated rings. The van der Waals surface area contributed by atoms with Crippen LogP contribution < -0.4 is 5.69 Å². The van der Waals surface area contributed by atoms with Crippen molar-refractivity contribution in [2.75, 3.05) is 0 Å². The van der Waals surface area contributed by atoms with Crippen molar-refractivity contribution in [3.8, 4) is 0 Å². The Balaban J connectivity index is 2.34. The van der Waals surface area contributed by atoms with Crippen LogP contribution in [0.25, 0.3) is 0 Å². The number of aromatic amines is 1. The standard InChI is InChI=1S/C9H10FN5OS/c1-5(2)15-8(16)13-14-9(15)17-7-3-6(10)11-4-12-7/h3-5H,1-2H3,(H,13,16). The minimum absolute atomic E-state index is 0.0320. The van der Waals surface area contributed by atoms with Gasteiger partial charge in [0.2, 0.25) is 5.95 Å². The summed E-state index contributed by atoms with van der Waals surface area (Å²) in [5.74, 6) is -0.614. The van der Waals surface area contributed by atoms with Crippen LogP contribution >= 0.6 is 11.8 Å². The zero-order valence-electron chi connectivity index (χ0n) is 9.22. The van der Waals surface area contributed by atoms with Crippen molar-refractivity contribution in [1.29, 1.82) is 0 Å². The molecular weight excluding hydrogens is 245 g/mol. The average Bonchev–Trinajstić information content (AvgIpc) is 2.59. The highest BCUT2D eigenvalue weighted by molar-refractivity contribution is 7.99. The lowest BCUT2D eigenvalue weighted by Gasteiger charge is -2.07. The zero-order valence-corrected chi connectivity index (χ0v) is 10.0. The van der Waals surface area contributed by atoms with Crippen molar-refractivity contribution in [2.45, 2.75) is 30.1 Å². The minimum Gasteiger partial charge on any atom is -0.267 e. The molecule has 6 nitrogen and oxygen atoms in total. The number of rotatable bonds is 3. The summed E-state index contributed by atoms with van der Waals surface area (Å²) in [5.41, 5.74) is -0.294. The summed E-state index contributed by atoms with van der Waals surface area (Å²) in [6, 6.07) is 1.16. The first kappa shape index (κ1) is 11.8. The van der Waals surface area contributed by atoms with Gasteiger partial charge in [-0.2, -0.15) is 4.39 Å². The number of hydrogen-bond acceptors (Lipinski definition) is 5. The molecule has 0 aliphatic heterocycles. The van der Waals surface area contributed by atoms with Gasteiger partial charge in [0.15, 0.2) is 5.16 Å². The van der Waals surface area contributed by atoms with E-state index in [0.717, 1.165) is 18.1 Å². The maximum atomic E-state index is 12.9. The van der Waals surface area contributed by atoms with Crippen LogP contribution in [-0.2, 0) is 0 Å². The Morgan fingerprint density at radius 1 is 1.47 bits per heavy atom. The molecule has 2 rings (SSSR count). The number of nitrogens with zero attached hydrogens (tertiary/aromatic N) is 4. The normalized spacial score (nSPS) is 11.1. The molecule has 90 valence electrons. The molecule has 0 unspecified atom stereocenters. The first-order chi connectivity index (χ1) is 8.08. The van der Waals surface area contributed by atoms with Gasteiger partial charge in [-0.1, -0.05) is 0 Å². The van der Waals surface area contributed by atoms with Crippen LogP contribution in [0.2, 0.25) is 0 Å². The second-order valence-corrected chi connectivity index (χ2v) is 4.54. The van der Waals surface area contributed by atoms with E-state index < -0.39 is 5.95 Å². The van der Waals surface area contributed by atoms with Crippen LogP contribution in [0.1, 0.15) is 19.9 Å². The molecule has 17 heavy (non-hydrogen) atoms. The van der Waals surface area contributed by atoms with Crippen LogP contribution in [0.4, 0.5) is 4.39 Å². The van der Waals surface area contributed by atoms with Gasteiger partial charge in [0.25, 0.3) is 0 Å². The monoisotopic (exact) mass is 255 g/mol. The van der Waals surface area contributed by atoms with Gasteiger partial charge in [0.05, 0.1) is 0 Å². The zero-order chi connectivity index (χ0) is 12.4.